The molecule has 0 bridgehead atoms. The molecular weight excluding hydrogens is 264 g/mol. The summed E-state index contributed by atoms with van der Waals surface area (Å²) in [6.45, 7) is 0.148. The lowest BCUT2D eigenvalue weighted by molar-refractivity contribution is -0.385. The van der Waals surface area contributed by atoms with Crippen molar-refractivity contribution in [2.45, 2.75) is 6.54 Å². The number of nitrogens with zero attached hydrogens (tertiary/aromatic N) is 2. The number of rotatable bonds is 4. The van der Waals surface area contributed by atoms with Crippen molar-refractivity contribution >= 4 is 22.7 Å². The first-order valence-corrected chi connectivity index (χ1v) is 5.76. The van der Waals surface area contributed by atoms with E-state index in [4.69, 9.17) is 0 Å². The van der Waals surface area contributed by atoms with Crippen molar-refractivity contribution in [2.75, 3.05) is 5.32 Å². The SMILES string of the molecule is O=[N+]([O-])c1cc(F)c(NCc2cscn2)c(F)c1. The number of benzene rings is 1. The lowest BCUT2D eigenvalue weighted by Gasteiger charge is -2.07. The van der Waals surface area contributed by atoms with Crippen LogP contribution in [-0.2, 0) is 6.54 Å². The van der Waals surface area contributed by atoms with Crippen LogP contribution in [0.4, 0.5) is 20.2 Å². The highest BCUT2D eigenvalue weighted by Gasteiger charge is 2.16. The smallest absolute Gasteiger partial charge is 0.275 e. The Kier molecular flexibility index (Phi) is 3.47. The third-order valence-corrected chi connectivity index (χ3v) is 2.80. The molecule has 0 saturated carbocycles. The van der Waals surface area contributed by atoms with Crippen LogP contribution in [0.1, 0.15) is 5.69 Å². The van der Waals surface area contributed by atoms with Crippen LogP contribution in [0.15, 0.2) is 23.0 Å². The molecule has 8 heteroatoms. The molecule has 5 nitrogen and oxygen atoms in total. The van der Waals surface area contributed by atoms with Gasteiger partial charge >= 0.3 is 0 Å². The monoisotopic (exact) mass is 271 g/mol. The van der Waals surface area contributed by atoms with Gasteiger partial charge in [0.25, 0.3) is 5.69 Å². The van der Waals surface area contributed by atoms with E-state index in [9.17, 15) is 18.9 Å². The molecule has 0 radical (unpaired) electrons. The first kappa shape index (κ1) is 12.4. The standard InChI is InChI=1S/C10H7F2N3O2S/c11-8-1-7(15(16)17)2-9(12)10(8)13-3-6-4-18-5-14-6/h1-2,4-5,13H,3H2. The van der Waals surface area contributed by atoms with Gasteiger partial charge < -0.3 is 5.32 Å². The summed E-state index contributed by atoms with van der Waals surface area (Å²) < 4.78 is 27.0. The molecule has 0 fully saturated rings. The van der Waals surface area contributed by atoms with Crippen LogP contribution in [0.5, 0.6) is 0 Å². The minimum absolute atomic E-state index is 0.148. The number of thiazole rings is 1. The lowest BCUT2D eigenvalue weighted by atomic mass is 10.2. The van der Waals surface area contributed by atoms with E-state index in [-0.39, 0.29) is 6.54 Å². The van der Waals surface area contributed by atoms with Crippen LogP contribution in [-0.4, -0.2) is 9.91 Å². The molecule has 0 aliphatic carbocycles. The summed E-state index contributed by atoms with van der Waals surface area (Å²) in [7, 11) is 0. The number of non-ortho nitro benzene ring substituents is 1. The van der Waals surface area contributed by atoms with E-state index in [0.29, 0.717) is 17.8 Å². The molecule has 0 aliphatic rings. The van der Waals surface area contributed by atoms with Gasteiger partial charge in [-0.05, 0) is 0 Å². The summed E-state index contributed by atoms with van der Waals surface area (Å²) in [5.74, 6) is -2.01. The molecule has 94 valence electrons. The lowest BCUT2D eigenvalue weighted by Crippen LogP contribution is -2.05. The zero-order valence-corrected chi connectivity index (χ0v) is 9.71. The van der Waals surface area contributed by atoms with E-state index in [2.05, 4.69) is 10.3 Å². The zero-order chi connectivity index (χ0) is 13.1. The molecule has 0 saturated heterocycles. The molecule has 1 N–H and O–H groups in total. The topological polar surface area (TPSA) is 68.1 Å². The maximum atomic E-state index is 13.5. The Labute approximate surface area is 104 Å². The van der Waals surface area contributed by atoms with Gasteiger partial charge in [0, 0.05) is 5.38 Å². The van der Waals surface area contributed by atoms with Crippen molar-refractivity contribution < 1.29 is 13.7 Å². The maximum Gasteiger partial charge on any atom is 0.275 e. The van der Waals surface area contributed by atoms with Crippen LogP contribution >= 0.6 is 11.3 Å². The van der Waals surface area contributed by atoms with Crippen LogP contribution < -0.4 is 5.32 Å². The molecule has 1 aromatic heterocycles. The highest BCUT2D eigenvalue weighted by Crippen LogP contribution is 2.25. The Morgan fingerprint density at radius 1 is 1.39 bits per heavy atom. The molecular formula is C10H7F2N3O2S. The third-order valence-electron chi connectivity index (χ3n) is 2.17. The fourth-order valence-corrected chi connectivity index (χ4v) is 1.90. The fraction of sp³-hybridized carbons (Fsp3) is 0.100. The second kappa shape index (κ2) is 5.05. The largest absolute Gasteiger partial charge is 0.375 e. The molecule has 2 aromatic rings. The van der Waals surface area contributed by atoms with Crippen LogP contribution in [0.3, 0.4) is 0 Å². The Balaban J connectivity index is 2.20. The van der Waals surface area contributed by atoms with Gasteiger partial charge in [0.2, 0.25) is 0 Å². The van der Waals surface area contributed by atoms with Gasteiger partial charge in [-0.3, -0.25) is 10.1 Å². The average molecular weight is 271 g/mol. The minimum atomic E-state index is -1.00. The number of nitrogens with one attached hydrogen (secondary N) is 1. The first-order valence-electron chi connectivity index (χ1n) is 4.82. The summed E-state index contributed by atoms with van der Waals surface area (Å²) in [4.78, 5) is 13.5. The number of aromatic nitrogens is 1. The van der Waals surface area contributed by atoms with Crippen molar-refractivity contribution in [1.82, 2.24) is 4.98 Å². The predicted octanol–water partition coefficient (Wildman–Crippen LogP) is 2.94. The maximum absolute atomic E-state index is 13.5. The van der Waals surface area contributed by atoms with Crippen molar-refractivity contribution in [1.29, 1.82) is 0 Å². The van der Waals surface area contributed by atoms with Crippen LogP contribution in [0, 0.1) is 21.7 Å². The van der Waals surface area contributed by atoms with Gasteiger partial charge in [0.15, 0.2) is 11.6 Å². The quantitative estimate of drug-likeness (QED) is 0.685. The first-order chi connectivity index (χ1) is 8.58. The molecule has 1 heterocycles. The summed E-state index contributed by atoms with van der Waals surface area (Å²) >= 11 is 1.36. The molecule has 0 unspecified atom stereocenters. The van der Waals surface area contributed by atoms with E-state index < -0.39 is 27.9 Å². The van der Waals surface area contributed by atoms with E-state index in [0.717, 1.165) is 0 Å². The Hall–Kier alpha value is -2.09. The number of hydrogen-bond acceptors (Lipinski definition) is 5. The molecule has 0 amide bonds. The number of hydrogen-bond donors (Lipinski definition) is 1. The number of anilines is 1. The Morgan fingerprint density at radius 2 is 2.06 bits per heavy atom. The van der Waals surface area contributed by atoms with Crippen molar-refractivity contribution in [2.24, 2.45) is 0 Å². The average Bonchev–Trinajstić information content (AvgIpc) is 2.80. The fourth-order valence-electron chi connectivity index (χ4n) is 1.34. The summed E-state index contributed by atoms with van der Waals surface area (Å²) in [5, 5.41) is 14.7. The Bertz CT molecular complexity index is 552. The minimum Gasteiger partial charge on any atom is -0.375 e. The third kappa shape index (κ3) is 2.59. The number of nitro groups is 1. The number of halogens is 2. The van der Waals surface area contributed by atoms with Gasteiger partial charge in [-0.15, -0.1) is 11.3 Å². The molecule has 18 heavy (non-hydrogen) atoms. The zero-order valence-electron chi connectivity index (χ0n) is 8.89. The summed E-state index contributed by atoms with van der Waals surface area (Å²) in [6.07, 6.45) is 0. The molecule has 0 spiro atoms. The highest BCUT2D eigenvalue weighted by atomic mass is 32.1. The highest BCUT2D eigenvalue weighted by molar-refractivity contribution is 7.07. The van der Waals surface area contributed by atoms with E-state index in [1.54, 1.807) is 10.9 Å². The van der Waals surface area contributed by atoms with E-state index in [1.807, 2.05) is 0 Å². The summed E-state index contributed by atoms with van der Waals surface area (Å²) in [5.41, 5.74) is 1.22. The van der Waals surface area contributed by atoms with Gasteiger partial charge in [-0.1, -0.05) is 0 Å². The second-order valence-electron chi connectivity index (χ2n) is 3.37. The van der Waals surface area contributed by atoms with Gasteiger partial charge in [-0.25, -0.2) is 13.8 Å². The molecule has 0 atom stereocenters. The van der Waals surface area contributed by atoms with Crippen LogP contribution in [0.2, 0.25) is 0 Å². The normalized spacial score (nSPS) is 10.3. The summed E-state index contributed by atoms with van der Waals surface area (Å²) in [6, 6.07) is 1.35. The van der Waals surface area contributed by atoms with E-state index in [1.165, 1.54) is 11.3 Å². The van der Waals surface area contributed by atoms with Gasteiger partial charge in [0.1, 0.15) is 5.69 Å². The van der Waals surface area contributed by atoms with E-state index >= 15 is 0 Å². The van der Waals surface area contributed by atoms with Crippen molar-refractivity contribution in [3.05, 3.63) is 50.5 Å². The van der Waals surface area contributed by atoms with Crippen LogP contribution in [0.25, 0.3) is 0 Å². The molecule has 2 rings (SSSR count). The molecule has 0 aliphatic heterocycles. The van der Waals surface area contributed by atoms with Crippen molar-refractivity contribution in [3.63, 3.8) is 0 Å². The second-order valence-corrected chi connectivity index (χ2v) is 4.09. The predicted molar refractivity (Wildman–Crippen MR) is 62.5 cm³/mol. The molecule has 1 aromatic carbocycles. The van der Waals surface area contributed by atoms with Gasteiger partial charge in [0.05, 0.1) is 34.8 Å². The van der Waals surface area contributed by atoms with Gasteiger partial charge in [-0.2, -0.15) is 0 Å². The Morgan fingerprint density at radius 3 is 2.56 bits per heavy atom. The van der Waals surface area contributed by atoms with Crippen molar-refractivity contribution in [3.8, 4) is 0 Å². The number of nitro benzene ring substituents is 1.